The smallest absolute Gasteiger partial charge is 0.333 e. The Labute approximate surface area is 148 Å². The second kappa shape index (κ2) is 7.89. The molecule has 0 saturated carbocycles. The summed E-state index contributed by atoms with van der Waals surface area (Å²) < 4.78 is 10.3. The molecule has 1 aromatic carbocycles. The Morgan fingerprint density at radius 2 is 1.64 bits per heavy atom. The van der Waals surface area contributed by atoms with E-state index in [1.54, 1.807) is 31.4 Å². The predicted octanol–water partition coefficient (Wildman–Crippen LogP) is 3.07. The van der Waals surface area contributed by atoms with Gasteiger partial charge in [0, 0.05) is 17.0 Å². The van der Waals surface area contributed by atoms with Gasteiger partial charge in [0.25, 0.3) is 5.69 Å². The summed E-state index contributed by atoms with van der Waals surface area (Å²) in [4.78, 5) is 36.5. The van der Waals surface area contributed by atoms with E-state index in [9.17, 15) is 19.7 Å². The van der Waals surface area contributed by atoms with Crippen LogP contribution in [0, 0.1) is 10.1 Å². The van der Waals surface area contributed by atoms with Crippen LogP contribution in [0.4, 0.5) is 5.69 Å². The van der Waals surface area contributed by atoms with Gasteiger partial charge in [-0.05, 0) is 30.9 Å². The number of non-ortho nitro benzene ring substituents is 1. The molecule has 0 aliphatic rings. The molecule has 0 spiro atoms. The summed E-state index contributed by atoms with van der Waals surface area (Å²) in [5, 5.41) is 12.6. The molecule has 0 amide bonds. The fourth-order valence-corrected chi connectivity index (χ4v) is 3.39. The SMILES string of the molecule is CCOC(=O)C(C(=O)OCC)(c1ccc([N+](=O)[O-])cc1)c1cccs1. The standard InChI is InChI=1S/C17H17NO6S/c1-3-23-15(19)17(16(20)24-4-2,14-6-5-11-25-14)12-7-9-13(10-8-12)18(21)22/h5-11H,3-4H2,1-2H3. The average molecular weight is 363 g/mol. The lowest BCUT2D eigenvalue weighted by atomic mass is 9.78. The van der Waals surface area contributed by atoms with E-state index < -0.39 is 22.3 Å². The van der Waals surface area contributed by atoms with Crippen molar-refractivity contribution in [2.45, 2.75) is 19.3 Å². The van der Waals surface area contributed by atoms with Crippen molar-refractivity contribution in [3.63, 3.8) is 0 Å². The number of ether oxygens (including phenoxy) is 2. The molecule has 1 heterocycles. The lowest BCUT2D eigenvalue weighted by molar-refractivity contribution is -0.384. The lowest BCUT2D eigenvalue weighted by Gasteiger charge is -2.28. The van der Waals surface area contributed by atoms with Crippen molar-refractivity contribution in [2.24, 2.45) is 0 Å². The van der Waals surface area contributed by atoms with E-state index >= 15 is 0 Å². The zero-order valence-corrected chi connectivity index (χ0v) is 14.6. The van der Waals surface area contributed by atoms with Gasteiger partial charge in [0.15, 0.2) is 0 Å². The second-order valence-electron chi connectivity index (χ2n) is 4.97. The minimum Gasteiger partial charge on any atom is -0.465 e. The van der Waals surface area contributed by atoms with E-state index in [1.165, 1.54) is 35.6 Å². The van der Waals surface area contributed by atoms with E-state index in [1.807, 2.05) is 0 Å². The molecule has 8 heteroatoms. The molecule has 0 N–H and O–H groups in total. The van der Waals surface area contributed by atoms with Gasteiger partial charge in [-0.1, -0.05) is 18.2 Å². The molecule has 0 unspecified atom stereocenters. The monoisotopic (exact) mass is 363 g/mol. The third kappa shape index (κ3) is 3.39. The van der Waals surface area contributed by atoms with E-state index in [-0.39, 0.29) is 24.5 Å². The highest BCUT2D eigenvalue weighted by Gasteiger charge is 2.53. The first-order chi connectivity index (χ1) is 12.0. The third-order valence-electron chi connectivity index (χ3n) is 3.57. The number of rotatable bonds is 7. The third-order valence-corrected chi connectivity index (χ3v) is 4.55. The summed E-state index contributed by atoms with van der Waals surface area (Å²) in [6.07, 6.45) is 0. The molecule has 0 saturated heterocycles. The molecule has 0 bridgehead atoms. The first-order valence-corrected chi connectivity index (χ1v) is 8.49. The van der Waals surface area contributed by atoms with Crippen molar-refractivity contribution in [2.75, 3.05) is 13.2 Å². The number of benzene rings is 1. The highest BCUT2D eigenvalue weighted by Crippen LogP contribution is 2.38. The van der Waals surface area contributed by atoms with Crippen molar-refractivity contribution in [3.8, 4) is 0 Å². The quantitative estimate of drug-likeness (QED) is 0.325. The molecule has 7 nitrogen and oxygen atoms in total. The first kappa shape index (κ1) is 18.6. The number of nitrogens with zero attached hydrogens (tertiary/aromatic N) is 1. The van der Waals surface area contributed by atoms with Crippen LogP contribution in [0.5, 0.6) is 0 Å². The number of thiophene rings is 1. The van der Waals surface area contributed by atoms with Gasteiger partial charge in [-0.2, -0.15) is 0 Å². The Bertz CT molecular complexity index is 736. The van der Waals surface area contributed by atoms with Crippen LogP contribution >= 0.6 is 11.3 Å². The molecule has 2 aromatic rings. The molecule has 132 valence electrons. The van der Waals surface area contributed by atoms with Gasteiger partial charge in [0.1, 0.15) is 0 Å². The summed E-state index contributed by atoms with van der Waals surface area (Å²) in [5.41, 5.74) is -1.69. The van der Waals surface area contributed by atoms with E-state index in [0.717, 1.165) is 0 Å². The summed E-state index contributed by atoms with van der Waals surface area (Å²) in [6.45, 7) is 3.44. The first-order valence-electron chi connectivity index (χ1n) is 7.61. The summed E-state index contributed by atoms with van der Waals surface area (Å²) in [5.74, 6) is -1.55. The maximum Gasteiger partial charge on any atom is 0.333 e. The van der Waals surface area contributed by atoms with Gasteiger partial charge in [0.05, 0.1) is 18.1 Å². The summed E-state index contributed by atoms with van der Waals surface area (Å²) in [7, 11) is 0. The predicted molar refractivity (Wildman–Crippen MR) is 91.5 cm³/mol. The molecule has 0 aliphatic heterocycles. The van der Waals surface area contributed by atoms with Crippen LogP contribution < -0.4 is 0 Å². The van der Waals surface area contributed by atoms with Crippen molar-refractivity contribution in [1.29, 1.82) is 0 Å². The molecule has 0 fully saturated rings. The van der Waals surface area contributed by atoms with Gasteiger partial charge < -0.3 is 9.47 Å². The Morgan fingerprint density at radius 3 is 2.04 bits per heavy atom. The number of esters is 2. The van der Waals surface area contributed by atoms with Crippen molar-refractivity contribution >= 4 is 29.0 Å². The number of nitro groups is 1. The van der Waals surface area contributed by atoms with Crippen molar-refractivity contribution in [3.05, 3.63) is 62.3 Å². The zero-order valence-electron chi connectivity index (χ0n) is 13.8. The molecule has 1 aromatic heterocycles. The second-order valence-corrected chi connectivity index (χ2v) is 5.92. The number of hydrogen-bond donors (Lipinski definition) is 0. The molecule has 0 aliphatic carbocycles. The van der Waals surface area contributed by atoms with Crippen molar-refractivity contribution < 1.29 is 24.0 Å². The fraction of sp³-hybridized carbons (Fsp3) is 0.294. The van der Waals surface area contributed by atoms with Crippen LogP contribution in [-0.2, 0) is 24.5 Å². The largest absolute Gasteiger partial charge is 0.465 e. The minimum atomic E-state index is -1.81. The topological polar surface area (TPSA) is 95.7 Å². The fourth-order valence-electron chi connectivity index (χ4n) is 2.47. The number of nitro benzene ring substituents is 1. The molecular formula is C17H17NO6S. The highest BCUT2D eigenvalue weighted by molar-refractivity contribution is 7.10. The number of carbonyl (C=O) groups is 2. The van der Waals surface area contributed by atoms with Crippen LogP contribution in [0.25, 0.3) is 0 Å². The normalized spacial score (nSPS) is 11.0. The Morgan fingerprint density at radius 1 is 1.08 bits per heavy atom. The van der Waals surface area contributed by atoms with E-state index in [0.29, 0.717) is 4.88 Å². The van der Waals surface area contributed by atoms with Gasteiger partial charge in [-0.3, -0.25) is 19.7 Å². The highest BCUT2D eigenvalue weighted by atomic mass is 32.1. The Balaban J connectivity index is 2.70. The summed E-state index contributed by atoms with van der Waals surface area (Å²) >= 11 is 1.21. The molecular weight excluding hydrogens is 346 g/mol. The maximum absolute atomic E-state index is 12.8. The van der Waals surface area contributed by atoms with Gasteiger partial charge in [-0.25, -0.2) is 0 Å². The van der Waals surface area contributed by atoms with Crippen LogP contribution in [0.15, 0.2) is 41.8 Å². The Hall–Kier alpha value is -2.74. The van der Waals surface area contributed by atoms with Gasteiger partial charge in [0.2, 0.25) is 5.41 Å². The van der Waals surface area contributed by atoms with Crippen LogP contribution in [-0.4, -0.2) is 30.1 Å². The summed E-state index contributed by atoms with van der Waals surface area (Å²) in [6, 6.07) is 8.60. The lowest BCUT2D eigenvalue weighted by Crippen LogP contribution is -2.46. The molecule has 25 heavy (non-hydrogen) atoms. The molecule has 0 radical (unpaired) electrons. The molecule has 2 rings (SSSR count). The van der Waals surface area contributed by atoms with Crippen molar-refractivity contribution in [1.82, 2.24) is 0 Å². The van der Waals surface area contributed by atoms with Crippen LogP contribution in [0.1, 0.15) is 24.3 Å². The maximum atomic E-state index is 12.8. The van der Waals surface area contributed by atoms with E-state index in [4.69, 9.17) is 9.47 Å². The minimum absolute atomic E-state index is 0.0817. The number of carbonyl (C=O) groups excluding carboxylic acids is 2. The zero-order chi connectivity index (χ0) is 18.4. The van der Waals surface area contributed by atoms with Gasteiger partial charge >= 0.3 is 11.9 Å². The molecule has 0 atom stereocenters. The average Bonchev–Trinajstić information content (AvgIpc) is 3.11. The van der Waals surface area contributed by atoms with Gasteiger partial charge in [-0.15, -0.1) is 11.3 Å². The van der Waals surface area contributed by atoms with Crippen LogP contribution in [0.3, 0.4) is 0 Å². The van der Waals surface area contributed by atoms with Crippen LogP contribution in [0.2, 0.25) is 0 Å². The Kier molecular flexibility index (Phi) is 5.87. The van der Waals surface area contributed by atoms with E-state index in [2.05, 4.69) is 0 Å². The number of hydrogen-bond acceptors (Lipinski definition) is 7.